The standard InChI is InChI=1S/C16H20BrNOS/c1-12(2)16(15-4-3-11-20-15)18-9-10-19-14-7-5-13(17)6-8-14/h3-8,11-12,16,18H,9-10H2,1-2H3. The molecule has 1 N–H and O–H groups in total. The molecule has 1 unspecified atom stereocenters. The Bertz CT molecular complexity index is 496. The van der Waals surface area contributed by atoms with Gasteiger partial charge in [-0.25, -0.2) is 0 Å². The Labute approximate surface area is 133 Å². The lowest BCUT2D eigenvalue weighted by Gasteiger charge is -2.21. The van der Waals surface area contributed by atoms with Crippen LogP contribution in [0, 0.1) is 5.92 Å². The van der Waals surface area contributed by atoms with Crippen molar-refractivity contribution in [2.75, 3.05) is 13.2 Å². The first-order chi connectivity index (χ1) is 9.66. The molecule has 0 fully saturated rings. The van der Waals surface area contributed by atoms with Crippen LogP contribution < -0.4 is 10.1 Å². The van der Waals surface area contributed by atoms with E-state index in [4.69, 9.17) is 4.74 Å². The van der Waals surface area contributed by atoms with Crippen molar-refractivity contribution in [3.63, 3.8) is 0 Å². The molecule has 0 radical (unpaired) electrons. The summed E-state index contributed by atoms with van der Waals surface area (Å²) >= 11 is 5.22. The zero-order valence-electron chi connectivity index (χ0n) is 11.8. The SMILES string of the molecule is CC(C)C(NCCOc1ccc(Br)cc1)c1cccs1. The fourth-order valence-electron chi connectivity index (χ4n) is 2.05. The van der Waals surface area contributed by atoms with E-state index in [1.54, 1.807) is 11.3 Å². The van der Waals surface area contributed by atoms with Crippen LogP contribution in [0.2, 0.25) is 0 Å². The summed E-state index contributed by atoms with van der Waals surface area (Å²) < 4.78 is 6.80. The molecule has 20 heavy (non-hydrogen) atoms. The molecule has 0 saturated carbocycles. The molecule has 0 aliphatic carbocycles. The van der Waals surface area contributed by atoms with E-state index >= 15 is 0 Å². The third-order valence-electron chi connectivity index (χ3n) is 3.07. The van der Waals surface area contributed by atoms with Gasteiger partial charge >= 0.3 is 0 Å². The van der Waals surface area contributed by atoms with E-state index in [1.807, 2.05) is 24.3 Å². The Balaban J connectivity index is 1.78. The molecule has 1 atom stereocenters. The minimum atomic E-state index is 0.406. The molecular formula is C16H20BrNOS. The van der Waals surface area contributed by atoms with Gasteiger partial charge in [0, 0.05) is 21.9 Å². The topological polar surface area (TPSA) is 21.3 Å². The Kier molecular flexibility index (Phi) is 6.07. The van der Waals surface area contributed by atoms with Gasteiger partial charge in [-0.1, -0.05) is 35.8 Å². The monoisotopic (exact) mass is 353 g/mol. The maximum atomic E-state index is 5.73. The van der Waals surface area contributed by atoms with Crippen molar-refractivity contribution in [3.05, 3.63) is 51.1 Å². The molecule has 0 saturated heterocycles. The third kappa shape index (κ3) is 4.62. The number of benzene rings is 1. The Morgan fingerprint density at radius 3 is 2.55 bits per heavy atom. The molecule has 0 aliphatic rings. The van der Waals surface area contributed by atoms with Crippen LogP contribution in [0.1, 0.15) is 24.8 Å². The van der Waals surface area contributed by atoms with Crippen LogP contribution in [0.5, 0.6) is 5.75 Å². The second-order valence-electron chi connectivity index (χ2n) is 4.99. The Morgan fingerprint density at radius 2 is 1.95 bits per heavy atom. The predicted octanol–water partition coefficient (Wildman–Crippen LogP) is 4.88. The number of rotatable bonds is 7. The largest absolute Gasteiger partial charge is 0.492 e. The Hall–Kier alpha value is -0.840. The third-order valence-corrected chi connectivity index (χ3v) is 4.55. The Morgan fingerprint density at radius 1 is 1.20 bits per heavy atom. The average molecular weight is 354 g/mol. The first-order valence-corrected chi connectivity index (χ1v) is 8.49. The molecule has 2 aromatic rings. The van der Waals surface area contributed by atoms with Crippen LogP contribution in [0.25, 0.3) is 0 Å². The van der Waals surface area contributed by atoms with Crippen molar-refractivity contribution in [2.24, 2.45) is 5.92 Å². The van der Waals surface area contributed by atoms with Gasteiger partial charge in [-0.05, 0) is 41.6 Å². The van der Waals surface area contributed by atoms with E-state index < -0.39 is 0 Å². The summed E-state index contributed by atoms with van der Waals surface area (Å²) in [4.78, 5) is 1.39. The quantitative estimate of drug-likeness (QED) is 0.716. The summed E-state index contributed by atoms with van der Waals surface area (Å²) in [5.41, 5.74) is 0. The van der Waals surface area contributed by atoms with Crippen molar-refractivity contribution in [1.82, 2.24) is 5.32 Å². The number of thiophene rings is 1. The maximum Gasteiger partial charge on any atom is 0.119 e. The number of nitrogens with one attached hydrogen (secondary N) is 1. The lowest BCUT2D eigenvalue weighted by Crippen LogP contribution is -2.29. The van der Waals surface area contributed by atoms with Crippen LogP contribution in [0.15, 0.2) is 46.3 Å². The highest BCUT2D eigenvalue weighted by molar-refractivity contribution is 9.10. The summed E-state index contributed by atoms with van der Waals surface area (Å²) in [6.07, 6.45) is 0. The van der Waals surface area contributed by atoms with Gasteiger partial charge in [-0.15, -0.1) is 11.3 Å². The summed E-state index contributed by atoms with van der Waals surface area (Å²) in [5.74, 6) is 1.48. The molecule has 2 nitrogen and oxygen atoms in total. The van der Waals surface area contributed by atoms with Crippen molar-refractivity contribution in [2.45, 2.75) is 19.9 Å². The van der Waals surface area contributed by atoms with Gasteiger partial charge in [0.2, 0.25) is 0 Å². The highest BCUT2D eigenvalue weighted by Gasteiger charge is 2.15. The molecule has 1 heterocycles. The second-order valence-corrected chi connectivity index (χ2v) is 6.89. The number of halogens is 1. The van der Waals surface area contributed by atoms with Gasteiger partial charge in [-0.2, -0.15) is 0 Å². The minimum Gasteiger partial charge on any atom is -0.492 e. The molecule has 0 aliphatic heterocycles. The zero-order valence-corrected chi connectivity index (χ0v) is 14.2. The highest BCUT2D eigenvalue weighted by atomic mass is 79.9. The summed E-state index contributed by atoms with van der Waals surface area (Å²) in [6, 6.07) is 12.6. The number of hydrogen-bond acceptors (Lipinski definition) is 3. The van der Waals surface area contributed by atoms with Crippen molar-refractivity contribution >= 4 is 27.3 Å². The summed E-state index contributed by atoms with van der Waals surface area (Å²) in [7, 11) is 0. The zero-order chi connectivity index (χ0) is 14.4. The fraction of sp³-hybridized carbons (Fsp3) is 0.375. The fourth-order valence-corrected chi connectivity index (χ4v) is 3.29. The molecule has 108 valence electrons. The normalized spacial score (nSPS) is 12.6. The molecule has 4 heteroatoms. The molecule has 0 amide bonds. The van der Waals surface area contributed by atoms with Gasteiger partial charge in [0.1, 0.15) is 12.4 Å². The van der Waals surface area contributed by atoms with Gasteiger partial charge in [-0.3, -0.25) is 0 Å². The van der Waals surface area contributed by atoms with Crippen LogP contribution in [0.3, 0.4) is 0 Å². The molecule has 0 spiro atoms. The van der Waals surface area contributed by atoms with E-state index in [0.717, 1.165) is 16.8 Å². The van der Waals surface area contributed by atoms with Crippen molar-refractivity contribution in [1.29, 1.82) is 0 Å². The van der Waals surface area contributed by atoms with Gasteiger partial charge < -0.3 is 10.1 Å². The van der Waals surface area contributed by atoms with Gasteiger partial charge in [0.15, 0.2) is 0 Å². The van der Waals surface area contributed by atoms with E-state index in [0.29, 0.717) is 18.6 Å². The van der Waals surface area contributed by atoms with Crippen LogP contribution >= 0.6 is 27.3 Å². The first kappa shape index (κ1) is 15.5. The van der Waals surface area contributed by atoms with Gasteiger partial charge in [0.05, 0.1) is 0 Å². The van der Waals surface area contributed by atoms with Crippen LogP contribution in [-0.2, 0) is 0 Å². The van der Waals surface area contributed by atoms with Crippen molar-refractivity contribution in [3.8, 4) is 5.75 Å². The van der Waals surface area contributed by atoms with Crippen LogP contribution in [0.4, 0.5) is 0 Å². The average Bonchev–Trinajstić information content (AvgIpc) is 2.94. The second kappa shape index (κ2) is 7.81. The molecule has 0 bridgehead atoms. The van der Waals surface area contributed by atoms with E-state index in [2.05, 4.69) is 52.6 Å². The highest BCUT2D eigenvalue weighted by Crippen LogP contribution is 2.25. The molecule has 2 rings (SSSR count). The number of hydrogen-bond donors (Lipinski definition) is 1. The van der Waals surface area contributed by atoms with Gasteiger partial charge in [0.25, 0.3) is 0 Å². The number of ether oxygens (including phenoxy) is 1. The summed E-state index contributed by atoms with van der Waals surface area (Å²) in [5, 5.41) is 5.71. The predicted molar refractivity (Wildman–Crippen MR) is 89.5 cm³/mol. The van der Waals surface area contributed by atoms with E-state index in [9.17, 15) is 0 Å². The molecule has 1 aromatic heterocycles. The lowest BCUT2D eigenvalue weighted by atomic mass is 10.0. The van der Waals surface area contributed by atoms with E-state index in [-0.39, 0.29) is 0 Å². The maximum absolute atomic E-state index is 5.73. The van der Waals surface area contributed by atoms with E-state index in [1.165, 1.54) is 4.88 Å². The molecular weight excluding hydrogens is 334 g/mol. The van der Waals surface area contributed by atoms with Crippen molar-refractivity contribution < 1.29 is 4.74 Å². The van der Waals surface area contributed by atoms with Crippen LogP contribution in [-0.4, -0.2) is 13.2 Å². The molecule has 1 aromatic carbocycles. The summed E-state index contributed by atoms with van der Waals surface area (Å²) in [6.45, 7) is 6.01. The lowest BCUT2D eigenvalue weighted by molar-refractivity contribution is 0.294. The first-order valence-electron chi connectivity index (χ1n) is 6.82. The smallest absolute Gasteiger partial charge is 0.119 e. The minimum absolute atomic E-state index is 0.406.